The van der Waals surface area contributed by atoms with Gasteiger partial charge in [-0.3, -0.25) is 4.79 Å². The number of carbonyl (C=O) groups excluding carboxylic acids is 2. The molecule has 6 heteroatoms. The molecule has 0 unspecified atom stereocenters. The molecule has 0 aliphatic carbocycles. The fourth-order valence-electron chi connectivity index (χ4n) is 2.99. The fourth-order valence-corrected chi connectivity index (χ4v) is 3.29. The summed E-state index contributed by atoms with van der Waals surface area (Å²) in [5, 5.41) is 0.847. The largest absolute Gasteiger partial charge is 0.449 e. The zero-order valence-corrected chi connectivity index (χ0v) is 16.3. The van der Waals surface area contributed by atoms with Crippen LogP contribution in [0.4, 0.5) is 0 Å². The fraction of sp³-hybridized carbons (Fsp3) is 0.238. The molecule has 2 aromatic carbocycles. The van der Waals surface area contributed by atoms with Crippen molar-refractivity contribution in [3.05, 3.63) is 75.3 Å². The summed E-state index contributed by atoms with van der Waals surface area (Å²) in [6.45, 7) is 2.75. The highest BCUT2D eigenvalue weighted by Gasteiger charge is 2.26. The van der Waals surface area contributed by atoms with Gasteiger partial charge in [-0.2, -0.15) is 0 Å². The van der Waals surface area contributed by atoms with Gasteiger partial charge in [-0.05, 0) is 48.2 Å². The predicted molar refractivity (Wildman–Crippen MR) is 107 cm³/mol. The number of ether oxygens (including phenoxy) is 1. The third-order valence-corrected chi connectivity index (χ3v) is 5.18. The van der Waals surface area contributed by atoms with Gasteiger partial charge in [0.15, 0.2) is 6.10 Å². The number of rotatable bonds is 4. The van der Waals surface area contributed by atoms with Crippen molar-refractivity contribution in [1.82, 2.24) is 4.90 Å². The van der Waals surface area contributed by atoms with Crippen molar-refractivity contribution in [2.24, 2.45) is 0 Å². The molecule has 2 aromatic rings. The maximum atomic E-state index is 12.6. The Morgan fingerprint density at radius 1 is 1.11 bits per heavy atom. The number of benzene rings is 2. The van der Waals surface area contributed by atoms with Crippen LogP contribution in [0.5, 0.6) is 0 Å². The van der Waals surface area contributed by atoms with Gasteiger partial charge in [-0.25, -0.2) is 4.79 Å². The molecule has 0 saturated heterocycles. The highest BCUT2D eigenvalue weighted by Crippen LogP contribution is 2.23. The molecule has 1 atom stereocenters. The summed E-state index contributed by atoms with van der Waals surface area (Å²) >= 11 is 11.8. The van der Waals surface area contributed by atoms with E-state index in [1.807, 2.05) is 18.2 Å². The number of amides is 1. The number of fused-ring (bicyclic) bond motifs is 1. The van der Waals surface area contributed by atoms with E-state index in [0.717, 1.165) is 12.0 Å². The lowest BCUT2D eigenvalue weighted by molar-refractivity contribution is -0.155. The first-order valence-electron chi connectivity index (χ1n) is 8.63. The number of hydrogen-bond donors (Lipinski definition) is 0. The SMILES string of the molecule is C[C@@H](OC(=O)/C=C/c1ccc(Cl)c(Cl)c1)C(=O)N1CCc2ccccc2C1. The Balaban J connectivity index is 1.57. The van der Waals surface area contributed by atoms with Gasteiger partial charge in [0.25, 0.3) is 5.91 Å². The second kappa shape index (κ2) is 8.59. The molecule has 0 radical (unpaired) electrons. The summed E-state index contributed by atoms with van der Waals surface area (Å²) in [4.78, 5) is 26.3. The molecule has 0 bridgehead atoms. The molecule has 4 nitrogen and oxygen atoms in total. The van der Waals surface area contributed by atoms with Crippen LogP contribution >= 0.6 is 23.2 Å². The van der Waals surface area contributed by atoms with Crippen LogP contribution in [0.15, 0.2) is 48.5 Å². The van der Waals surface area contributed by atoms with Crippen LogP contribution in [0, 0.1) is 0 Å². The van der Waals surface area contributed by atoms with Gasteiger partial charge in [0.05, 0.1) is 10.0 Å². The van der Waals surface area contributed by atoms with E-state index in [9.17, 15) is 9.59 Å². The van der Waals surface area contributed by atoms with Gasteiger partial charge in [0, 0.05) is 19.2 Å². The van der Waals surface area contributed by atoms with Crippen LogP contribution in [0.3, 0.4) is 0 Å². The van der Waals surface area contributed by atoms with Gasteiger partial charge < -0.3 is 9.64 Å². The molecule has 0 N–H and O–H groups in total. The third kappa shape index (κ3) is 4.90. The van der Waals surface area contributed by atoms with Crippen molar-refractivity contribution in [1.29, 1.82) is 0 Å². The van der Waals surface area contributed by atoms with Gasteiger partial charge in [-0.15, -0.1) is 0 Å². The molecule has 0 spiro atoms. The maximum Gasteiger partial charge on any atom is 0.331 e. The average molecular weight is 404 g/mol. The molecule has 140 valence electrons. The van der Waals surface area contributed by atoms with E-state index in [2.05, 4.69) is 6.07 Å². The van der Waals surface area contributed by atoms with E-state index in [0.29, 0.717) is 28.7 Å². The maximum absolute atomic E-state index is 12.6. The van der Waals surface area contributed by atoms with Gasteiger partial charge in [0.2, 0.25) is 0 Å². The minimum absolute atomic E-state index is 0.194. The van der Waals surface area contributed by atoms with E-state index in [4.69, 9.17) is 27.9 Å². The lowest BCUT2D eigenvalue weighted by Crippen LogP contribution is -2.42. The lowest BCUT2D eigenvalue weighted by Gasteiger charge is -2.30. The average Bonchev–Trinajstić information content (AvgIpc) is 2.67. The summed E-state index contributed by atoms with van der Waals surface area (Å²) in [5.41, 5.74) is 3.11. The smallest absolute Gasteiger partial charge is 0.331 e. The van der Waals surface area contributed by atoms with Crippen molar-refractivity contribution in [3.63, 3.8) is 0 Å². The second-order valence-electron chi connectivity index (χ2n) is 6.36. The van der Waals surface area contributed by atoms with Gasteiger partial charge in [0.1, 0.15) is 0 Å². The Labute approximate surface area is 168 Å². The number of carbonyl (C=O) groups is 2. The number of esters is 1. The van der Waals surface area contributed by atoms with Crippen LogP contribution < -0.4 is 0 Å². The monoisotopic (exact) mass is 403 g/mol. The minimum atomic E-state index is -0.846. The Morgan fingerprint density at radius 3 is 2.59 bits per heavy atom. The highest BCUT2D eigenvalue weighted by atomic mass is 35.5. The molecule has 1 aliphatic rings. The number of hydrogen-bond acceptors (Lipinski definition) is 3. The molecule has 27 heavy (non-hydrogen) atoms. The first kappa shape index (κ1) is 19.5. The van der Waals surface area contributed by atoms with Crippen LogP contribution in [0.2, 0.25) is 10.0 Å². The van der Waals surface area contributed by atoms with Crippen molar-refractivity contribution in [2.75, 3.05) is 6.54 Å². The molecule has 0 saturated carbocycles. The summed E-state index contributed by atoms with van der Waals surface area (Å²) in [6.07, 6.45) is 2.80. The van der Waals surface area contributed by atoms with Crippen LogP contribution in [0.25, 0.3) is 6.08 Å². The van der Waals surface area contributed by atoms with E-state index < -0.39 is 12.1 Å². The third-order valence-electron chi connectivity index (χ3n) is 4.44. The van der Waals surface area contributed by atoms with E-state index in [1.165, 1.54) is 11.6 Å². The second-order valence-corrected chi connectivity index (χ2v) is 7.18. The van der Waals surface area contributed by atoms with E-state index >= 15 is 0 Å². The first-order valence-corrected chi connectivity index (χ1v) is 9.39. The Morgan fingerprint density at radius 2 is 1.85 bits per heavy atom. The van der Waals surface area contributed by atoms with E-state index in [-0.39, 0.29) is 5.91 Å². The highest BCUT2D eigenvalue weighted by molar-refractivity contribution is 6.42. The van der Waals surface area contributed by atoms with Crippen LogP contribution in [-0.4, -0.2) is 29.4 Å². The molecule has 0 fully saturated rings. The normalized spacial score (nSPS) is 14.7. The lowest BCUT2D eigenvalue weighted by atomic mass is 9.99. The van der Waals surface area contributed by atoms with Gasteiger partial charge >= 0.3 is 5.97 Å². The Bertz CT molecular complexity index is 895. The standard InChI is InChI=1S/C21H19Cl2NO3/c1-14(21(26)24-11-10-16-4-2-3-5-17(16)13-24)27-20(25)9-7-15-6-8-18(22)19(23)12-15/h2-9,12,14H,10-11,13H2,1H3/b9-7+/t14-/m1/s1. The van der Waals surface area contributed by atoms with Crippen LogP contribution in [-0.2, 0) is 27.3 Å². The topological polar surface area (TPSA) is 46.6 Å². The van der Waals surface area contributed by atoms with E-state index in [1.54, 1.807) is 36.1 Å². The van der Waals surface area contributed by atoms with Crippen molar-refractivity contribution in [2.45, 2.75) is 26.0 Å². The number of halogens is 2. The summed E-state index contributed by atoms with van der Waals surface area (Å²) in [5.74, 6) is -0.778. The minimum Gasteiger partial charge on any atom is -0.449 e. The molecule has 1 amide bonds. The summed E-state index contributed by atoms with van der Waals surface area (Å²) in [7, 11) is 0. The zero-order chi connectivity index (χ0) is 19.4. The summed E-state index contributed by atoms with van der Waals surface area (Å²) in [6, 6.07) is 13.1. The Kier molecular flexibility index (Phi) is 6.19. The molecular formula is C21H19Cl2NO3. The molecule has 1 aliphatic heterocycles. The van der Waals surface area contributed by atoms with Crippen molar-refractivity contribution in [3.8, 4) is 0 Å². The molecule has 3 rings (SSSR count). The quantitative estimate of drug-likeness (QED) is 0.556. The zero-order valence-electron chi connectivity index (χ0n) is 14.8. The molecule has 0 aromatic heterocycles. The Hall–Kier alpha value is -2.30. The summed E-state index contributed by atoms with van der Waals surface area (Å²) < 4.78 is 5.25. The first-order chi connectivity index (χ1) is 12.9. The van der Waals surface area contributed by atoms with Crippen molar-refractivity contribution >= 4 is 41.2 Å². The van der Waals surface area contributed by atoms with Crippen LogP contribution in [0.1, 0.15) is 23.6 Å². The molecular weight excluding hydrogens is 385 g/mol. The predicted octanol–water partition coefficient (Wildman–Crippen LogP) is 4.52. The molecule has 1 heterocycles. The van der Waals surface area contributed by atoms with Crippen molar-refractivity contribution < 1.29 is 14.3 Å². The van der Waals surface area contributed by atoms with Gasteiger partial charge in [-0.1, -0.05) is 53.5 Å². The number of nitrogens with zero attached hydrogens (tertiary/aromatic N) is 1.